The van der Waals surface area contributed by atoms with Crippen molar-refractivity contribution >= 4 is 6.09 Å². The van der Waals surface area contributed by atoms with Gasteiger partial charge in [0.05, 0.1) is 0 Å². The van der Waals surface area contributed by atoms with Crippen molar-refractivity contribution in [3.8, 4) is 0 Å². The van der Waals surface area contributed by atoms with E-state index in [0.717, 1.165) is 26.1 Å². The molecule has 1 amide bonds. The topological polar surface area (TPSA) is 32.8 Å². The Morgan fingerprint density at radius 3 is 2.71 bits per heavy atom. The molecular formula is C20H28N2O2. The van der Waals surface area contributed by atoms with Gasteiger partial charge in [-0.3, -0.25) is 0 Å². The van der Waals surface area contributed by atoms with Crippen molar-refractivity contribution in [3.05, 3.63) is 47.7 Å². The van der Waals surface area contributed by atoms with Crippen molar-refractivity contribution in [2.45, 2.75) is 45.8 Å². The highest BCUT2D eigenvalue weighted by Gasteiger charge is 2.33. The van der Waals surface area contributed by atoms with Gasteiger partial charge in [0.15, 0.2) is 0 Å². The summed E-state index contributed by atoms with van der Waals surface area (Å²) in [6, 6.07) is 10.6. The molecule has 0 N–H and O–H groups in total. The van der Waals surface area contributed by atoms with Crippen molar-refractivity contribution in [1.82, 2.24) is 9.80 Å². The first-order chi connectivity index (χ1) is 11.4. The molecule has 0 aromatic heterocycles. The summed E-state index contributed by atoms with van der Waals surface area (Å²) in [7, 11) is 0. The summed E-state index contributed by atoms with van der Waals surface area (Å²) in [6.45, 7) is 9.21. The number of hydrogen-bond donors (Lipinski definition) is 0. The van der Waals surface area contributed by atoms with Crippen LogP contribution < -0.4 is 0 Å². The predicted molar refractivity (Wildman–Crippen MR) is 95.5 cm³/mol. The summed E-state index contributed by atoms with van der Waals surface area (Å²) in [5.74, 6) is 0.434. The van der Waals surface area contributed by atoms with Gasteiger partial charge in [-0.15, -0.1) is 0 Å². The molecule has 0 bridgehead atoms. The molecule has 1 aromatic carbocycles. The molecule has 3 rings (SSSR count). The fraction of sp³-hybridized carbons (Fsp3) is 0.550. The monoisotopic (exact) mass is 328 g/mol. The van der Waals surface area contributed by atoms with Crippen LogP contribution in [0.3, 0.4) is 0 Å². The Bertz CT molecular complexity index is 604. The highest BCUT2D eigenvalue weighted by Crippen LogP contribution is 2.32. The first-order valence-corrected chi connectivity index (χ1v) is 8.89. The van der Waals surface area contributed by atoms with Gasteiger partial charge in [0.1, 0.15) is 5.60 Å². The number of ether oxygens (including phenoxy) is 1. The summed E-state index contributed by atoms with van der Waals surface area (Å²) in [5, 5.41) is 0. The first kappa shape index (κ1) is 16.9. The number of hydrogen-bond acceptors (Lipinski definition) is 3. The molecule has 24 heavy (non-hydrogen) atoms. The number of carbonyl (C=O) groups is 1. The maximum absolute atomic E-state index is 12.3. The molecule has 1 atom stereocenters. The van der Waals surface area contributed by atoms with Crippen molar-refractivity contribution in [3.63, 3.8) is 0 Å². The Morgan fingerprint density at radius 2 is 2.00 bits per heavy atom. The normalized spacial score (nSPS) is 21.1. The Labute approximate surface area is 145 Å². The molecule has 0 radical (unpaired) electrons. The summed E-state index contributed by atoms with van der Waals surface area (Å²) >= 11 is 0. The van der Waals surface area contributed by atoms with Crippen LogP contribution in [0.15, 0.2) is 42.1 Å². The fourth-order valence-corrected chi connectivity index (χ4v) is 3.54. The highest BCUT2D eigenvalue weighted by molar-refractivity contribution is 5.68. The van der Waals surface area contributed by atoms with Gasteiger partial charge in [0.25, 0.3) is 0 Å². The number of likely N-dealkylation sites (tertiary alicyclic amines) is 1. The van der Waals surface area contributed by atoms with Crippen molar-refractivity contribution in [2.24, 2.45) is 5.92 Å². The summed E-state index contributed by atoms with van der Waals surface area (Å²) < 4.78 is 5.52. The summed E-state index contributed by atoms with van der Waals surface area (Å²) in [5.41, 5.74) is 2.31. The third-order valence-electron chi connectivity index (χ3n) is 4.59. The Kier molecular flexibility index (Phi) is 4.83. The minimum atomic E-state index is -0.438. The number of fused-ring (bicyclic) bond motifs is 1. The second-order valence-electron chi connectivity index (χ2n) is 7.76. The number of carbonyl (C=O) groups excluding carboxylic acids is 1. The van der Waals surface area contributed by atoms with Crippen LogP contribution in [0.5, 0.6) is 0 Å². The van der Waals surface area contributed by atoms with Gasteiger partial charge >= 0.3 is 6.09 Å². The van der Waals surface area contributed by atoms with E-state index >= 15 is 0 Å². The number of amides is 1. The predicted octanol–water partition coefficient (Wildman–Crippen LogP) is 4.03. The minimum absolute atomic E-state index is 0.196. The quantitative estimate of drug-likeness (QED) is 0.821. The van der Waals surface area contributed by atoms with E-state index in [1.165, 1.54) is 17.7 Å². The van der Waals surface area contributed by atoms with Gasteiger partial charge in [-0.25, -0.2) is 4.79 Å². The van der Waals surface area contributed by atoms with Crippen LogP contribution in [0.4, 0.5) is 4.79 Å². The van der Waals surface area contributed by atoms with Crippen LogP contribution in [-0.2, 0) is 11.3 Å². The molecule has 1 aromatic rings. The van der Waals surface area contributed by atoms with Crippen molar-refractivity contribution in [1.29, 1.82) is 0 Å². The van der Waals surface area contributed by atoms with E-state index < -0.39 is 5.60 Å². The summed E-state index contributed by atoms with van der Waals surface area (Å²) in [4.78, 5) is 16.6. The van der Waals surface area contributed by atoms with Crippen LogP contribution in [0.2, 0.25) is 0 Å². The molecule has 2 heterocycles. The van der Waals surface area contributed by atoms with E-state index in [-0.39, 0.29) is 6.09 Å². The maximum atomic E-state index is 12.3. The molecule has 0 spiro atoms. The second-order valence-corrected chi connectivity index (χ2v) is 7.76. The number of piperidine rings is 1. The molecular weight excluding hydrogens is 300 g/mol. The van der Waals surface area contributed by atoms with Crippen LogP contribution >= 0.6 is 0 Å². The molecule has 2 aliphatic rings. The number of benzene rings is 1. The molecule has 1 saturated heterocycles. The molecule has 0 aliphatic carbocycles. The SMILES string of the molecule is CC(C)(C)OC(=O)N1CC=C2C(CCCN2Cc2ccccc2)C1. The van der Waals surface area contributed by atoms with Crippen LogP contribution in [0, 0.1) is 5.92 Å². The van der Waals surface area contributed by atoms with Gasteiger partial charge < -0.3 is 14.5 Å². The smallest absolute Gasteiger partial charge is 0.410 e. The average molecular weight is 328 g/mol. The van der Waals surface area contributed by atoms with Crippen molar-refractivity contribution < 1.29 is 9.53 Å². The number of rotatable bonds is 2. The molecule has 1 unspecified atom stereocenters. The van der Waals surface area contributed by atoms with E-state index in [1.54, 1.807) is 0 Å². The third kappa shape index (κ3) is 4.11. The zero-order valence-corrected chi connectivity index (χ0v) is 15.0. The molecule has 130 valence electrons. The molecule has 2 aliphatic heterocycles. The Hall–Kier alpha value is -1.97. The Morgan fingerprint density at radius 1 is 1.25 bits per heavy atom. The standard InChI is InChI=1S/C20H28N2O2/c1-20(2,3)24-19(23)22-13-11-18-17(15-22)10-7-12-21(18)14-16-8-5-4-6-9-16/h4-6,8-9,11,17H,7,10,12-15H2,1-3H3. The molecule has 4 nitrogen and oxygen atoms in total. The second kappa shape index (κ2) is 6.88. The van der Waals surface area contributed by atoms with Crippen molar-refractivity contribution in [2.75, 3.05) is 19.6 Å². The van der Waals surface area contributed by atoms with E-state index in [2.05, 4.69) is 41.3 Å². The highest BCUT2D eigenvalue weighted by atomic mass is 16.6. The zero-order chi connectivity index (χ0) is 17.2. The molecule has 1 fully saturated rings. The van der Waals surface area contributed by atoms with Crippen LogP contribution in [-0.4, -0.2) is 41.1 Å². The lowest BCUT2D eigenvalue weighted by Gasteiger charge is -2.42. The Balaban J connectivity index is 1.68. The fourth-order valence-electron chi connectivity index (χ4n) is 3.54. The summed E-state index contributed by atoms with van der Waals surface area (Å²) in [6.07, 6.45) is 4.35. The maximum Gasteiger partial charge on any atom is 0.410 e. The van der Waals surface area contributed by atoms with Gasteiger partial charge in [0.2, 0.25) is 0 Å². The van der Waals surface area contributed by atoms with Gasteiger partial charge in [-0.1, -0.05) is 30.3 Å². The lowest BCUT2D eigenvalue weighted by Crippen LogP contribution is -2.46. The van der Waals surface area contributed by atoms with Crippen LogP contribution in [0.1, 0.15) is 39.2 Å². The van der Waals surface area contributed by atoms with E-state index in [4.69, 9.17) is 4.74 Å². The minimum Gasteiger partial charge on any atom is -0.444 e. The first-order valence-electron chi connectivity index (χ1n) is 8.89. The molecule has 4 heteroatoms. The van der Waals surface area contributed by atoms with E-state index in [1.807, 2.05) is 25.7 Å². The lowest BCUT2D eigenvalue weighted by atomic mass is 9.90. The van der Waals surface area contributed by atoms with Crippen LogP contribution in [0.25, 0.3) is 0 Å². The largest absolute Gasteiger partial charge is 0.444 e. The molecule has 0 saturated carbocycles. The zero-order valence-electron chi connectivity index (χ0n) is 15.0. The number of nitrogens with zero attached hydrogens (tertiary/aromatic N) is 2. The third-order valence-corrected chi connectivity index (χ3v) is 4.59. The average Bonchev–Trinajstić information content (AvgIpc) is 2.54. The van der Waals surface area contributed by atoms with E-state index in [0.29, 0.717) is 12.5 Å². The van der Waals surface area contributed by atoms with Gasteiger partial charge in [-0.2, -0.15) is 0 Å². The van der Waals surface area contributed by atoms with Gasteiger partial charge in [0, 0.05) is 37.8 Å². The van der Waals surface area contributed by atoms with Gasteiger partial charge in [-0.05, 0) is 45.3 Å². The van der Waals surface area contributed by atoms with E-state index in [9.17, 15) is 4.79 Å². The lowest BCUT2D eigenvalue weighted by molar-refractivity contribution is 0.0211.